The van der Waals surface area contributed by atoms with Crippen molar-refractivity contribution in [1.29, 1.82) is 0 Å². The fourth-order valence-corrected chi connectivity index (χ4v) is 8.08. The van der Waals surface area contributed by atoms with Crippen LogP contribution in [0, 0.1) is 5.41 Å². The van der Waals surface area contributed by atoms with E-state index in [0.29, 0.717) is 49.5 Å². The normalized spacial score (nSPS) is 18.1. The van der Waals surface area contributed by atoms with Crippen molar-refractivity contribution >= 4 is 38.9 Å². The number of carbonyl (C=O) groups excluding carboxylic acids is 2. The second-order valence-corrected chi connectivity index (χ2v) is 15.3. The van der Waals surface area contributed by atoms with E-state index in [1.165, 1.54) is 0 Å². The first-order valence-electron chi connectivity index (χ1n) is 17.0. The number of hydrogen-bond donors (Lipinski definition) is 2. The van der Waals surface area contributed by atoms with Crippen molar-refractivity contribution in [3.8, 4) is 16.9 Å². The van der Waals surface area contributed by atoms with Crippen LogP contribution in [-0.4, -0.2) is 99.4 Å². The average Bonchev–Trinajstić information content (AvgIpc) is 3.77. The van der Waals surface area contributed by atoms with Crippen LogP contribution in [0.1, 0.15) is 35.2 Å². The summed E-state index contributed by atoms with van der Waals surface area (Å²) < 4.78 is 31.4. The molecule has 50 heavy (non-hydrogen) atoms. The quantitative estimate of drug-likeness (QED) is 0.263. The number of nitrogens with one attached hydrogen (secondary N) is 2. The lowest BCUT2D eigenvalue weighted by Gasteiger charge is -2.38. The van der Waals surface area contributed by atoms with E-state index in [1.807, 2.05) is 76.7 Å². The summed E-state index contributed by atoms with van der Waals surface area (Å²) in [5.74, 6) is 0.825. The van der Waals surface area contributed by atoms with Gasteiger partial charge in [0.2, 0.25) is 15.9 Å². The number of H-pyrrole nitrogens is 1. The van der Waals surface area contributed by atoms with Crippen molar-refractivity contribution in [1.82, 2.24) is 20.0 Å². The molecule has 2 amide bonds. The minimum Gasteiger partial charge on any atom is -0.496 e. The Kier molecular flexibility index (Phi) is 9.27. The summed E-state index contributed by atoms with van der Waals surface area (Å²) in [6.07, 6.45) is 6.79. The molecule has 0 saturated carbocycles. The molecular formula is C37H43N7O5S. The summed E-state index contributed by atoms with van der Waals surface area (Å²) in [6.45, 7) is 5.96. The maximum atomic E-state index is 13.8. The van der Waals surface area contributed by atoms with Gasteiger partial charge in [-0.2, -0.15) is 5.10 Å². The summed E-state index contributed by atoms with van der Waals surface area (Å²) in [5, 5.41) is 6.87. The first-order chi connectivity index (χ1) is 24.1. The van der Waals surface area contributed by atoms with Crippen molar-refractivity contribution in [3.05, 3.63) is 90.3 Å². The third-order valence-electron chi connectivity index (χ3n) is 10.3. The molecule has 4 aromatic rings. The zero-order chi connectivity index (χ0) is 34.9. The molecule has 1 spiro atoms. The number of rotatable bonds is 9. The van der Waals surface area contributed by atoms with Crippen LogP contribution in [0.3, 0.4) is 0 Å². The molecule has 7 rings (SSSR count). The zero-order valence-corrected chi connectivity index (χ0v) is 29.3. The van der Waals surface area contributed by atoms with E-state index in [9.17, 15) is 18.0 Å². The third kappa shape index (κ3) is 7.06. The molecule has 0 unspecified atom stereocenters. The molecule has 262 valence electrons. The van der Waals surface area contributed by atoms with Gasteiger partial charge < -0.3 is 19.4 Å². The summed E-state index contributed by atoms with van der Waals surface area (Å²) in [4.78, 5) is 35.8. The van der Waals surface area contributed by atoms with Crippen molar-refractivity contribution in [3.63, 3.8) is 0 Å². The molecule has 12 nitrogen and oxygen atoms in total. The maximum absolute atomic E-state index is 13.8. The van der Waals surface area contributed by atoms with Crippen molar-refractivity contribution in [2.75, 3.05) is 73.7 Å². The van der Waals surface area contributed by atoms with E-state index < -0.39 is 15.4 Å². The number of amides is 2. The van der Waals surface area contributed by atoms with Crippen LogP contribution >= 0.6 is 0 Å². The Morgan fingerprint density at radius 3 is 2.32 bits per heavy atom. The topological polar surface area (TPSA) is 131 Å². The lowest BCUT2D eigenvalue weighted by Crippen LogP contribution is -2.46. The molecule has 0 aliphatic carbocycles. The van der Waals surface area contributed by atoms with Gasteiger partial charge in [0.25, 0.3) is 5.91 Å². The number of piperazine rings is 1. The molecule has 0 radical (unpaired) electrons. The predicted octanol–water partition coefficient (Wildman–Crippen LogP) is 4.44. The number of aromatic amines is 1. The Morgan fingerprint density at radius 2 is 1.64 bits per heavy atom. The van der Waals surface area contributed by atoms with Crippen LogP contribution < -0.4 is 19.3 Å². The van der Waals surface area contributed by atoms with Gasteiger partial charge in [0, 0.05) is 98.4 Å². The Hall–Kier alpha value is -4.88. The van der Waals surface area contributed by atoms with Gasteiger partial charge in [-0.1, -0.05) is 12.1 Å². The molecule has 3 aliphatic rings. The van der Waals surface area contributed by atoms with Gasteiger partial charge in [-0.05, 0) is 73.4 Å². The smallest absolute Gasteiger partial charge is 0.253 e. The molecule has 3 aromatic carbocycles. The lowest BCUT2D eigenvalue weighted by molar-refractivity contribution is -0.127. The Balaban J connectivity index is 0.911. The molecule has 0 bridgehead atoms. The molecule has 0 atom stereocenters. The number of ether oxygens (including phenoxy) is 1. The first-order valence-corrected chi connectivity index (χ1v) is 18.9. The number of anilines is 3. The highest BCUT2D eigenvalue weighted by Crippen LogP contribution is 2.44. The summed E-state index contributed by atoms with van der Waals surface area (Å²) in [5.41, 5.74) is 5.59. The number of hydrogen-bond acceptors (Lipinski definition) is 8. The largest absolute Gasteiger partial charge is 0.496 e. The van der Waals surface area contributed by atoms with Crippen LogP contribution in [0.2, 0.25) is 0 Å². The van der Waals surface area contributed by atoms with Gasteiger partial charge in [-0.25, -0.2) is 8.42 Å². The van der Waals surface area contributed by atoms with Gasteiger partial charge in [0.15, 0.2) is 0 Å². The average molecular weight is 698 g/mol. The van der Waals surface area contributed by atoms with Crippen molar-refractivity contribution in [2.24, 2.45) is 5.41 Å². The minimum absolute atomic E-state index is 0.00527. The third-order valence-corrected chi connectivity index (χ3v) is 10.9. The highest BCUT2D eigenvalue weighted by Gasteiger charge is 2.49. The molecule has 1 aromatic heterocycles. The van der Waals surface area contributed by atoms with Crippen LogP contribution in [-0.2, 0) is 21.4 Å². The van der Waals surface area contributed by atoms with Gasteiger partial charge in [-0.3, -0.25) is 24.3 Å². The Bertz CT molecular complexity index is 1950. The lowest BCUT2D eigenvalue weighted by atomic mass is 9.77. The van der Waals surface area contributed by atoms with Gasteiger partial charge in [0.05, 0.1) is 25.0 Å². The molecule has 2 N–H and O–H groups in total. The number of methoxy groups -OCH3 is 1. The monoisotopic (exact) mass is 697 g/mol. The van der Waals surface area contributed by atoms with Crippen molar-refractivity contribution in [2.45, 2.75) is 25.8 Å². The molecule has 13 heteroatoms. The number of benzene rings is 3. The Labute approximate surface area is 293 Å². The fraction of sp³-hybridized carbons (Fsp3) is 0.378. The number of aromatic nitrogens is 2. The van der Waals surface area contributed by atoms with Gasteiger partial charge in [0.1, 0.15) is 5.75 Å². The molecular weight excluding hydrogens is 655 g/mol. The van der Waals surface area contributed by atoms with Crippen LogP contribution in [0.25, 0.3) is 11.1 Å². The van der Waals surface area contributed by atoms with Crippen LogP contribution in [0.5, 0.6) is 5.75 Å². The number of nitrogens with zero attached hydrogens (tertiary/aromatic N) is 5. The molecule has 3 saturated heterocycles. The number of piperidine rings is 1. The van der Waals surface area contributed by atoms with Crippen LogP contribution in [0.4, 0.5) is 17.1 Å². The SMILES string of the molecule is COc1cc(N2CCC3(CCN(C(=O)c4ccc(N5CCN(Cc6cccc(NS(C)(=O)=O)c6)CC5)cc4)CC3)C2=O)ccc1-c1cn[nH]c1. The van der Waals surface area contributed by atoms with Gasteiger partial charge >= 0.3 is 0 Å². The van der Waals surface area contributed by atoms with E-state index in [-0.39, 0.29) is 11.8 Å². The van der Waals surface area contributed by atoms with Gasteiger partial charge in [-0.15, -0.1) is 0 Å². The second kappa shape index (κ2) is 13.8. The molecule has 3 aliphatic heterocycles. The van der Waals surface area contributed by atoms with E-state index >= 15 is 0 Å². The van der Waals surface area contributed by atoms with E-state index in [4.69, 9.17) is 4.74 Å². The first kappa shape index (κ1) is 33.6. The molecule has 3 fully saturated rings. The fourth-order valence-electron chi connectivity index (χ4n) is 7.52. The summed E-state index contributed by atoms with van der Waals surface area (Å²) in [7, 11) is -1.69. The maximum Gasteiger partial charge on any atom is 0.253 e. The van der Waals surface area contributed by atoms with E-state index in [0.717, 1.165) is 73.5 Å². The molecule has 4 heterocycles. The highest BCUT2D eigenvalue weighted by atomic mass is 32.2. The second-order valence-electron chi connectivity index (χ2n) is 13.5. The summed E-state index contributed by atoms with van der Waals surface area (Å²) in [6, 6.07) is 21.3. The minimum atomic E-state index is -3.32. The van der Waals surface area contributed by atoms with E-state index in [1.54, 1.807) is 19.4 Å². The Morgan fingerprint density at radius 1 is 0.920 bits per heavy atom. The van der Waals surface area contributed by atoms with Crippen molar-refractivity contribution < 1.29 is 22.7 Å². The number of sulfonamides is 1. The van der Waals surface area contributed by atoms with Crippen LogP contribution in [0.15, 0.2) is 79.1 Å². The predicted molar refractivity (Wildman–Crippen MR) is 194 cm³/mol. The van der Waals surface area contributed by atoms with E-state index in [2.05, 4.69) is 24.7 Å². The summed E-state index contributed by atoms with van der Waals surface area (Å²) >= 11 is 0. The standard InChI is InChI=1S/C37H43N7O5S/c1-49-34-23-32(10-11-33(34)29-24-38-39-25-29)44-17-14-37(36(44)46)12-15-43(16-13-37)35(45)28-6-8-31(9-7-28)42-20-18-41(19-21-42)26-27-4-3-5-30(22-27)40-50(2,47)48/h3-11,22-25,40H,12-21,26H2,1-2H3,(H,38,39). The number of likely N-dealkylation sites (tertiary alicyclic amines) is 1. The zero-order valence-electron chi connectivity index (χ0n) is 28.5. The highest BCUT2D eigenvalue weighted by molar-refractivity contribution is 7.92. The number of carbonyl (C=O) groups is 2.